The number of rotatable bonds is 7. The second kappa shape index (κ2) is 8.89. The number of carbonyl (C=O) groups is 1. The van der Waals surface area contributed by atoms with Gasteiger partial charge in [-0.2, -0.15) is 18.2 Å². The van der Waals surface area contributed by atoms with Crippen LogP contribution in [0, 0.1) is 12.7 Å². The zero-order chi connectivity index (χ0) is 21.0. The number of nitrogens with zero attached hydrogens (tertiary/aromatic N) is 3. The number of amides is 1. The molecule has 1 saturated heterocycles. The first-order chi connectivity index (χ1) is 13.7. The van der Waals surface area contributed by atoms with Crippen molar-refractivity contribution in [3.05, 3.63) is 35.5 Å². The molecule has 0 spiro atoms. The van der Waals surface area contributed by atoms with Crippen molar-refractivity contribution in [2.45, 2.75) is 44.8 Å². The fraction of sp³-hybridized carbons (Fsp3) is 0.526. The fourth-order valence-electron chi connectivity index (χ4n) is 3.33. The van der Waals surface area contributed by atoms with Crippen LogP contribution in [-0.4, -0.2) is 52.8 Å². The Morgan fingerprint density at radius 2 is 2.17 bits per heavy atom. The van der Waals surface area contributed by atoms with Crippen molar-refractivity contribution >= 4 is 5.91 Å². The van der Waals surface area contributed by atoms with E-state index in [1.807, 2.05) is 10.2 Å². The van der Waals surface area contributed by atoms with Crippen molar-refractivity contribution in [1.29, 1.82) is 0 Å². The third-order valence-corrected chi connectivity index (χ3v) is 4.86. The van der Waals surface area contributed by atoms with Gasteiger partial charge in [-0.05, 0) is 50.9 Å². The number of halogens is 4. The lowest BCUT2D eigenvalue weighted by Gasteiger charge is -2.23. The minimum atomic E-state index is -4.42. The summed E-state index contributed by atoms with van der Waals surface area (Å²) < 4.78 is 55.7. The third-order valence-electron chi connectivity index (χ3n) is 4.86. The first-order valence-electron chi connectivity index (χ1n) is 9.40. The van der Waals surface area contributed by atoms with E-state index in [9.17, 15) is 22.4 Å². The summed E-state index contributed by atoms with van der Waals surface area (Å²) in [5, 5.41) is 5.82. The summed E-state index contributed by atoms with van der Waals surface area (Å²) in [6.45, 7) is 1.53. The molecule has 0 bridgehead atoms. The third kappa shape index (κ3) is 5.75. The molecule has 0 radical (unpaired) electrons. The van der Waals surface area contributed by atoms with Crippen LogP contribution in [0.3, 0.4) is 0 Å². The summed E-state index contributed by atoms with van der Waals surface area (Å²) in [4.78, 5) is 18.2. The molecule has 2 heterocycles. The van der Waals surface area contributed by atoms with Crippen molar-refractivity contribution in [2.24, 2.45) is 0 Å². The van der Waals surface area contributed by atoms with Crippen molar-refractivity contribution in [2.75, 3.05) is 19.6 Å². The molecule has 1 aromatic heterocycles. The first kappa shape index (κ1) is 21.2. The predicted molar refractivity (Wildman–Crippen MR) is 96.4 cm³/mol. The van der Waals surface area contributed by atoms with Crippen molar-refractivity contribution in [3.8, 4) is 11.4 Å². The van der Waals surface area contributed by atoms with Gasteiger partial charge in [0.25, 0.3) is 0 Å². The number of benzene rings is 1. The van der Waals surface area contributed by atoms with E-state index in [-0.39, 0.29) is 5.82 Å². The lowest BCUT2D eigenvalue weighted by molar-refractivity contribution is -0.141. The molecule has 158 valence electrons. The lowest BCUT2D eigenvalue weighted by Crippen LogP contribution is -2.46. The van der Waals surface area contributed by atoms with Gasteiger partial charge in [0.1, 0.15) is 12.4 Å². The summed E-state index contributed by atoms with van der Waals surface area (Å²) in [5.41, 5.74) is 1.04. The molecule has 1 aliphatic rings. The van der Waals surface area contributed by atoms with Gasteiger partial charge in [0, 0.05) is 12.0 Å². The van der Waals surface area contributed by atoms with Gasteiger partial charge < -0.3 is 9.84 Å². The SMILES string of the molecule is Cc1ccc(-c2noc(CCCN3CCCC3C(=O)NCC(F)(F)F)n2)cc1F. The monoisotopic (exact) mass is 414 g/mol. The van der Waals surface area contributed by atoms with E-state index in [1.54, 1.807) is 19.1 Å². The van der Waals surface area contributed by atoms with Gasteiger partial charge in [-0.15, -0.1) is 0 Å². The minimum Gasteiger partial charge on any atom is -0.346 e. The molecule has 1 fully saturated rings. The van der Waals surface area contributed by atoms with Crippen LogP contribution >= 0.6 is 0 Å². The Morgan fingerprint density at radius 1 is 1.38 bits per heavy atom. The quantitative estimate of drug-likeness (QED) is 0.705. The molecule has 1 amide bonds. The van der Waals surface area contributed by atoms with Crippen molar-refractivity contribution in [3.63, 3.8) is 0 Å². The summed E-state index contributed by atoms with van der Waals surface area (Å²) in [7, 11) is 0. The Hall–Kier alpha value is -2.49. The minimum absolute atomic E-state index is 0.296. The second-order valence-electron chi connectivity index (χ2n) is 7.11. The van der Waals surface area contributed by atoms with Crippen LogP contribution in [0.5, 0.6) is 0 Å². The van der Waals surface area contributed by atoms with Crippen LogP contribution in [0.15, 0.2) is 22.7 Å². The molecule has 0 saturated carbocycles. The molecule has 1 N–H and O–H groups in total. The number of hydrogen-bond donors (Lipinski definition) is 1. The number of nitrogens with one attached hydrogen (secondary N) is 1. The normalized spacial score (nSPS) is 17.6. The number of aryl methyl sites for hydroxylation is 2. The van der Waals surface area contributed by atoms with Gasteiger partial charge in [0.2, 0.25) is 17.6 Å². The highest BCUT2D eigenvalue weighted by molar-refractivity contribution is 5.82. The van der Waals surface area contributed by atoms with Crippen LogP contribution in [0.4, 0.5) is 17.6 Å². The molecule has 1 aromatic carbocycles. The molecule has 1 unspecified atom stereocenters. The Balaban J connectivity index is 1.50. The zero-order valence-corrected chi connectivity index (χ0v) is 15.9. The zero-order valence-electron chi connectivity index (χ0n) is 15.9. The number of carbonyl (C=O) groups excluding carboxylic acids is 1. The van der Waals surface area contributed by atoms with Gasteiger partial charge >= 0.3 is 6.18 Å². The average Bonchev–Trinajstić information content (AvgIpc) is 3.31. The molecule has 10 heteroatoms. The van der Waals surface area contributed by atoms with Crippen LogP contribution in [0.1, 0.15) is 30.7 Å². The highest BCUT2D eigenvalue weighted by atomic mass is 19.4. The number of likely N-dealkylation sites (tertiary alicyclic amines) is 1. The van der Waals surface area contributed by atoms with E-state index in [0.717, 1.165) is 6.42 Å². The van der Waals surface area contributed by atoms with E-state index in [2.05, 4.69) is 10.1 Å². The smallest absolute Gasteiger partial charge is 0.346 e. The number of hydrogen-bond acceptors (Lipinski definition) is 5. The van der Waals surface area contributed by atoms with E-state index in [4.69, 9.17) is 4.52 Å². The highest BCUT2D eigenvalue weighted by Gasteiger charge is 2.33. The maximum Gasteiger partial charge on any atom is 0.405 e. The van der Waals surface area contributed by atoms with Crippen molar-refractivity contribution < 1.29 is 26.9 Å². The Labute approximate surface area is 165 Å². The maximum absolute atomic E-state index is 13.7. The van der Waals surface area contributed by atoms with Gasteiger partial charge in [-0.3, -0.25) is 9.69 Å². The molecular formula is C19H22F4N4O2. The lowest BCUT2D eigenvalue weighted by atomic mass is 10.1. The molecule has 1 aliphatic heterocycles. The Bertz CT molecular complexity index is 853. The molecule has 3 rings (SSSR count). The van der Waals surface area contributed by atoms with Gasteiger partial charge in [0.05, 0.1) is 6.04 Å². The Kier molecular flexibility index (Phi) is 6.51. The fourth-order valence-corrected chi connectivity index (χ4v) is 3.33. The summed E-state index contributed by atoms with van der Waals surface area (Å²) in [6, 6.07) is 4.14. The van der Waals surface area contributed by atoms with Gasteiger partial charge in [0.15, 0.2) is 0 Å². The predicted octanol–water partition coefficient (Wildman–Crippen LogP) is 3.26. The van der Waals surface area contributed by atoms with E-state index >= 15 is 0 Å². The molecule has 6 nitrogen and oxygen atoms in total. The van der Waals surface area contributed by atoms with Crippen LogP contribution < -0.4 is 5.32 Å². The summed E-state index contributed by atoms with van der Waals surface area (Å²) in [6.07, 6.45) is -2.07. The van der Waals surface area contributed by atoms with Gasteiger partial charge in [-0.1, -0.05) is 17.3 Å². The van der Waals surface area contributed by atoms with Crippen molar-refractivity contribution in [1.82, 2.24) is 20.4 Å². The average molecular weight is 414 g/mol. The first-order valence-corrected chi connectivity index (χ1v) is 9.40. The van der Waals surface area contributed by atoms with Crippen LogP contribution in [-0.2, 0) is 11.2 Å². The maximum atomic E-state index is 13.7. The van der Waals surface area contributed by atoms with Crippen LogP contribution in [0.25, 0.3) is 11.4 Å². The van der Waals surface area contributed by atoms with E-state index < -0.39 is 24.7 Å². The second-order valence-corrected chi connectivity index (χ2v) is 7.11. The topological polar surface area (TPSA) is 71.3 Å². The van der Waals surface area contributed by atoms with E-state index in [0.29, 0.717) is 55.2 Å². The summed E-state index contributed by atoms with van der Waals surface area (Å²) in [5.74, 6) is -0.262. The standard InChI is InChI=1S/C19H22F4N4O2/c1-12-6-7-13(10-14(12)20)17-25-16(29-26-17)5-3-9-27-8-2-4-15(27)18(28)24-11-19(21,22)23/h6-7,10,15H,2-5,8-9,11H2,1H3,(H,24,28). The molecule has 0 aliphatic carbocycles. The van der Waals surface area contributed by atoms with Crippen LogP contribution in [0.2, 0.25) is 0 Å². The summed E-state index contributed by atoms with van der Waals surface area (Å²) >= 11 is 0. The largest absolute Gasteiger partial charge is 0.405 e. The molecule has 29 heavy (non-hydrogen) atoms. The Morgan fingerprint density at radius 3 is 2.90 bits per heavy atom. The molecule has 2 aromatic rings. The molecule has 1 atom stereocenters. The molecular weight excluding hydrogens is 392 g/mol. The van der Waals surface area contributed by atoms with E-state index in [1.165, 1.54) is 6.07 Å². The number of aromatic nitrogens is 2. The highest BCUT2D eigenvalue weighted by Crippen LogP contribution is 2.21. The van der Waals surface area contributed by atoms with Gasteiger partial charge in [-0.25, -0.2) is 4.39 Å². The number of alkyl halides is 3.